The first-order valence-corrected chi connectivity index (χ1v) is 8.99. The summed E-state index contributed by atoms with van der Waals surface area (Å²) in [4.78, 5) is 0.0221. The Balaban J connectivity index is 3.14. The fourth-order valence-corrected chi connectivity index (χ4v) is 3.80. The molecule has 21 heavy (non-hydrogen) atoms. The van der Waals surface area contributed by atoms with Crippen molar-refractivity contribution in [2.75, 3.05) is 13.6 Å². The lowest BCUT2D eigenvalue weighted by Gasteiger charge is -2.23. The van der Waals surface area contributed by atoms with E-state index in [4.69, 9.17) is 23.2 Å². The summed E-state index contributed by atoms with van der Waals surface area (Å²) in [6, 6.07) is 3.04. The SMILES string of the molecule is CCC(C)(C)CNS(=O)(=O)c1cc(Cl)cc(CNC)c1Cl. The van der Waals surface area contributed by atoms with Crippen molar-refractivity contribution >= 4 is 33.2 Å². The van der Waals surface area contributed by atoms with Crippen molar-refractivity contribution in [3.8, 4) is 0 Å². The quantitative estimate of drug-likeness (QED) is 0.790. The zero-order chi connectivity index (χ0) is 16.3. The molecule has 0 saturated carbocycles. The standard InChI is InChI=1S/C14H22Cl2N2O2S/c1-5-14(2,3)9-18-21(19,20)12-7-11(15)6-10(8-17-4)13(12)16/h6-7,17-18H,5,8-9H2,1-4H3. The van der Waals surface area contributed by atoms with Crippen LogP contribution in [0.3, 0.4) is 0 Å². The maximum absolute atomic E-state index is 12.4. The molecular weight excluding hydrogens is 331 g/mol. The van der Waals surface area contributed by atoms with Gasteiger partial charge in [0.25, 0.3) is 0 Å². The molecule has 1 aromatic rings. The molecule has 0 saturated heterocycles. The van der Waals surface area contributed by atoms with Gasteiger partial charge in [-0.1, -0.05) is 44.0 Å². The maximum atomic E-state index is 12.4. The zero-order valence-electron chi connectivity index (χ0n) is 12.8. The van der Waals surface area contributed by atoms with E-state index >= 15 is 0 Å². The minimum absolute atomic E-state index is 0.0221. The fourth-order valence-electron chi connectivity index (χ4n) is 1.63. The number of nitrogens with one attached hydrogen (secondary N) is 2. The van der Waals surface area contributed by atoms with Crippen molar-refractivity contribution < 1.29 is 8.42 Å². The summed E-state index contributed by atoms with van der Waals surface area (Å²) in [5, 5.41) is 3.49. The molecule has 0 bridgehead atoms. The predicted octanol–water partition coefficient (Wildman–Crippen LogP) is 3.43. The monoisotopic (exact) mass is 352 g/mol. The van der Waals surface area contributed by atoms with Crippen LogP contribution in [0.15, 0.2) is 17.0 Å². The number of hydrogen-bond donors (Lipinski definition) is 2. The van der Waals surface area contributed by atoms with Crippen molar-refractivity contribution in [2.45, 2.75) is 38.6 Å². The Hall–Kier alpha value is -0.330. The van der Waals surface area contributed by atoms with Crippen LogP contribution in [0.25, 0.3) is 0 Å². The molecule has 0 amide bonds. The number of halogens is 2. The lowest BCUT2D eigenvalue weighted by Crippen LogP contribution is -2.33. The van der Waals surface area contributed by atoms with Crippen LogP contribution >= 0.6 is 23.2 Å². The Kier molecular flexibility index (Phi) is 6.50. The lowest BCUT2D eigenvalue weighted by molar-refractivity contribution is 0.350. The van der Waals surface area contributed by atoms with Crippen LogP contribution in [0.4, 0.5) is 0 Å². The van der Waals surface area contributed by atoms with E-state index in [1.165, 1.54) is 6.07 Å². The summed E-state index contributed by atoms with van der Waals surface area (Å²) in [5.74, 6) is 0. The molecule has 4 nitrogen and oxygen atoms in total. The summed E-state index contributed by atoms with van der Waals surface area (Å²) < 4.78 is 27.5. The van der Waals surface area contributed by atoms with E-state index in [0.29, 0.717) is 23.7 Å². The average molecular weight is 353 g/mol. The van der Waals surface area contributed by atoms with Gasteiger partial charge in [-0.25, -0.2) is 13.1 Å². The van der Waals surface area contributed by atoms with E-state index in [0.717, 1.165) is 6.42 Å². The van der Waals surface area contributed by atoms with Crippen LogP contribution in [0.2, 0.25) is 10.0 Å². The molecule has 120 valence electrons. The highest BCUT2D eigenvalue weighted by atomic mass is 35.5. The Morgan fingerprint density at radius 3 is 2.38 bits per heavy atom. The van der Waals surface area contributed by atoms with E-state index in [2.05, 4.69) is 10.0 Å². The first kappa shape index (κ1) is 18.7. The van der Waals surface area contributed by atoms with Gasteiger partial charge >= 0.3 is 0 Å². The van der Waals surface area contributed by atoms with Gasteiger partial charge in [-0.15, -0.1) is 0 Å². The van der Waals surface area contributed by atoms with Crippen molar-refractivity contribution in [3.63, 3.8) is 0 Å². The molecule has 7 heteroatoms. The average Bonchev–Trinajstić information content (AvgIpc) is 2.41. The van der Waals surface area contributed by atoms with Crippen molar-refractivity contribution in [2.24, 2.45) is 5.41 Å². The highest BCUT2D eigenvalue weighted by Crippen LogP contribution is 2.30. The van der Waals surface area contributed by atoms with Crippen LogP contribution < -0.4 is 10.0 Å². The van der Waals surface area contributed by atoms with Gasteiger partial charge in [0.2, 0.25) is 10.0 Å². The van der Waals surface area contributed by atoms with Crippen molar-refractivity contribution in [1.82, 2.24) is 10.0 Å². The third-order valence-corrected chi connectivity index (χ3v) is 5.64. The van der Waals surface area contributed by atoms with Gasteiger partial charge in [0.15, 0.2) is 0 Å². The molecule has 0 fully saturated rings. The van der Waals surface area contributed by atoms with E-state index in [1.807, 2.05) is 20.8 Å². The number of hydrogen-bond acceptors (Lipinski definition) is 3. The molecule has 1 aromatic carbocycles. The smallest absolute Gasteiger partial charge is 0.242 e. The fraction of sp³-hybridized carbons (Fsp3) is 0.571. The molecule has 0 aliphatic rings. The number of rotatable bonds is 7. The minimum atomic E-state index is -3.69. The number of sulfonamides is 1. The third kappa shape index (κ3) is 5.11. The molecule has 0 radical (unpaired) electrons. The lowest BCUT2D eigenvalue weighted by atomic mass is 9.91. The van der Waals surface area contributed by atoms with Crippen LogP contribution in [-0.4, -0.2) is 22.0 Å². The van der Waals surface area contributed by atoms with Gasteiger partial charge in [-0.2, -0.15) is 0 Å². The van der Waals surface area contributed by atoms with E-state index < -0.39 is 10.0 Å². The Morgan fingerprint density at radius 1 is 1.24 bits per heavy atom. The summed E-state index contributed by atoms with van der Waals surface area (Å²) >= 11 is 12.2. The molecule has 0 aliphatic carbocycles. The molecule has 0 unspecified atom stereocenters. The summed E-state index contributed by atoms with van der Waals surface area (Å²) in [5.41, 5.74) is 0.535. The first-order chi connectivity index (χ1) is 9.63. The summed E-state index contributed by atoms with van der Waals surface area (Å²) in [6.45, 7) is 6.81. The van der Waals surface area contributed by atoms with Gasteiger partial charge in [0.1, 0.15) is 4.90 Å². The molecule has 1 rings (SSSR count). The Morgan fingerprint density at radius 2 is 1.86 bits per heavy atom. The van der Waals surface area contributed by atoms with Gasteiger partial charge in [0, 0.05) is 18.1 Å². The molecule has 0 aliphatic heterocycles. The second-order valence-corrected chi connectivity index (χ2v) is 8.30. The maximum Gasteiger partial charge on any atom is 0.242 e. The van der Waals surface area contributed by atoms with Crippen molar-refractivity contribution in [3.05, 3.63) is 27.7 Å². The highest BCUT2D eigenvalue weighted by Gasteiger charge is 2.24. The van der Waals surface area contributed by atoms with Gasteiger partial charge in [-0.3, -0.25) is 0 Å². The number of benzene rings is 1. The van der Waals surface area contributed by atoms with E-state index in [9.17, 15) is 8.42 Å². The first-order valence-electron chi connectivity index (χ1n) is 6.75. The minimum Gasteiger partial charge on any atom is -0.316 e. The van der Waals surface area contributed by atoms with Crippen LogP contribution in [0.1, 0.15) is 32.8 Å². The van der Waals surface area contributed by atoms with Crippen LogP contribution in [-0.2, 0) is 16.6 Å². The zero-order valence-corrected chi connectivity index (χ0v) is 15.1. The Labute approximate surface area is 137 Å². The third-order valence-electron chi connectivity index (χ3n) is 3.43. The largest absolute Gasteiger partial charge is 0.316 e. The van der Waals surface area contributed by atoms with Crippen molar-refractivity contribution in [1.29, 1.82) is 0 Å². The molecule has 0 aromatic heterocycles. The summed E-state index contributed by atoms with van der Waals surface area (Å²) in [7, 11) is -1.93. The van der Waals surface area contributed by atoms with Crippen LogP contribution in [0, 0.1) is 5.41 Å². The van der Waals surface area contributed by atoms with E-state index in [-0.39, 0.29) is 15.3 Å². The molecule has 2 N–H and O–H groups in total. The topological polar surface area (TPSA) is 58.2 Å². The normalized spacial score (nSPS) is 12.7. The molecule has 0 spiro atoms. The van der Waals surface area contributed by atoms with Gasteiger partial charge in [0.05, 0.1) is 5.02 Å². The second-order valence-electron chi connectivity index (χ2n) is 5.75. The molecule has 0 atom stereocenters. The highest BCUT2D eigenvalue weighted by molar-refractivity contribution is 7.89. The Bertz CT molecular complexity index is 601. The molecule has 0 heterocycles. The predicted molar refractivity (Wildman–Crippen MR) is 88.5 cm³/mol. The molecular formula is C14H22Cl2N2O2S. The second kappa shape index (κ2) is 7.29. The van der Waals surface area contributed by atoms with Gasteiger partial charge < -0.3 is 5.32 Å². The van der Waals surface area contributed by atoms with Crippen LogP contribution in [0.5, 0.6) is 0 Å². The summed E-state index contributed by atoms with van der Waals surface area (Å²) in [6.07, 6.45) is 0.865. The van der Waals surface area contributed by atoms with E-state index in [1.54, 1.807) is 13.1 Å². The van der Waals surface area contributed by atoms with Gasteiger partial charge in [-0.05, 0) is 36.6 Å².